The molecule has 1 amide bonds. The van der Waals surface area contributed by atoms with Crippen LogP contribution in [0.5, 0.6) is 0 Å². The maximum Gasteiger partial charge on any atom is 0.232 e. The van der Waals surface area contributed by atoms with Crippen molar-refractivity contribution in [1.29, 1.82) is 0 Å². The number of aliphatic hydroxyl groups is 5. The van der Waals surface area contributed by atoms with E-state index in [1.165, 1.54) is 64.2 Å². The summed E-state index contributed by atoms with van der Waals surface area (Å²) in [4.78, 5) is 13.9. The third kappa shape index (κ3) is 13.2. The monoisotopic (exact) mass is 657 g/mol. The Hall–Kier alpha value is -2.37. The zero-order chi connectivity index (χ0) is 33.9. The zero-order valence-electron chi connectivity index (χ0n) is 28.2. The highest BCUT2D eigenvalue weighted by atomic mass is 16.7. The molecule has 0 saturated carbocycles. The predicted molar refractivity (Wildman–Crippen MR) is 183 cm³/mol. The number of aliphatic hydroxyl groups excluding tert-OH is 5. The summed E-state index contributed by atoms with van der Waals surface area (Å²) in [7, 11) is 0. The standard InChI is InChI=1S/C38H59NO8/c1-2-3-4-5-6-7-8-9-10-11-12-13-20-25-31(41)30(27-46-38-36(44)35(43)34(42)32(26-40)47-38)39-37(45)33(28-21-16-14-17-22-28)29-23-18-15-19-24-29/h14-19,21-24,30-36,38,40-44H,2-13,20,25-27H2,1H3,(H,39,45)/t30-,31+,32?,34?,35?,36?,38?/m0/s1. The minimum Gasteiger partial charge on any atom is -0.394 e. The van der Waals surface area contributed by atoms with Gasteiger partial charge < -0.3 is 40.3 Å². The average Bonchev–Trinajstić information content (AvgIpc) is 3.09. The van der Waals surface area contributed by atoms with E-state index >= 15 is 0 Å². The molecule has 2 aromatic carbocycles. The molecule has 0 bridgehead atoms. The van der Waals surface area contributed by atoms with Gasteiger partial charge in [0.2, 0.25) is 5.91 Å². The van der Waals surface area contributed by atoms with Gasteiger partial charge in [-0.2, -0.15) is 0 Å². The van der Waals surface area contributed by atoms with Crippen molar-refractivity contribution in [3.05, 3.63) is 71.8 Å². The number of carbonyl (C=O) groups excluding carboxylic acids is 1. The first-order chi connectivity index (χ1) is 22.9. The van der Waals surface area contributed by atoms with Gasteiger partial charge in [-0.3, -0.25) is 4.79 Å². The third-order valence-electron chi connectivity index (χ3n) is 9.21. The van der Waals surface area contributed by atoms with E-state index in [9.17, 15) is 30.3 Å². The van der Waals surface area contributed by atoms with Crippen LogP contribution < -0.4 is 5.32 Å². The van der Waals surface area contributed by atoms with Crippen molar-refractivity contribution in [3.63, 3.8) is 0 Å². The van der Waals surface area contributed by atoms with Gasteiger partial charge >= 0.3 is 0 Å². The van der Waals surface area contributed by atoms with Crippen LogP contribution in [0.2, 0.25) is 0 Å². The van der Waals surface area contributed by atoms with E-state index in [-0.39, 0.29) is 12.5 Å². The number of hydrogen-bond donors (Lipinski definition) is 6. The lowest BCUT2D eigenvalue weighted by atomic mass is 9.90. The Morgan fingerprint density at radius 2 is 1.23 bits per heavy atom. The van der Waals surface area contributed by atoms with E-state index in [2.05, 4.69) is 12.2 Å². The van der Waals surface area contributed by atoms with Gasteiger partial charge in [-0.05, 0) is 17.5 Å². The summed E-state index contributed by atoms with van der Waals surface area (Å²) >= 11 is 0. The van der Waals surface area contributed by atoms with Crippen LogP contribution in [0.1, 0.15) is 114 Å². The van der Waals surface area contributed by atoms with Crippen molar-refractivity contribution in [3.8, 4) is 0 Å². The first kappa shape index (κ1) is 39.1. The van der Waals surface area contributed by atoms with Gasteiger partial charge in [0, 0.05) is 0 Å². The number of hydrogen-bond acceptors (Lipinski definition) is 8. The minimum absolute atomic E-state index is 0.218. The van der Waals surface area contributed by atoms with E-state index in [0.29, 0.717) is 6.42 Å². The van der Waals surface area contributed by atoms with E-state index in [0.717, 1.165) is 30.4 Å². The highest BCUT2D eigenvalue weighted by molar-refractivity contribution is 5.87. The van der Waals surface area contributed by atoms with Gasteiger partial charge in [0.05, 0.1) is 31.3 Å². The van der Waals surface area contributed by atoms with E-state index < -0.39 is 55.4 Å². The average molecular weight is 658 g/mol. The molecule has 0 aromatic heterocycles. The highest BCUT2D eigenvalue weighted by Crippen LogP contribution is 2.26. The predicted octanol–water partition coefficient (Wildman–Crippen LogP) is 4.96. The van der Waals surface area contributed by atoms with Gasteiger partial charge in [-0.15, -0.1) is 0 Å². The summed E-state index contributed by atoms with van der Waals surface area (Å²) in [5.41, 5.74) is 1.60. The lowest BCUT2D eigenvalue weighted by Gasteiger charge is -2.40. The summed E-state index contributed by atoms with van der Waals surface area (Å²) < 4.78 is 11.3. The van der Waals surface area contributed by atoms with Gasteiger partial charge in [0.25, 0.3) is 0 Å². The van der Waals surface area contributed by atoms with Crippen molar-refractivity contribution >= 4 is 5.91 Å². The lowest BCUT2D eigenvalue weighted by Crippen LogP contribution is -2.60. The number of benzene rings is 2. The number of rotatable bonds is 23. The Morgan fingerprint density at radius 1 is 0.745 bits per heavy atom. The Balaban J connectivity index is 1.57. The van der Waals surface area contributed by atoms with Gasteiger partial charge in [-0.25, -0.2) is 0 Å². The van der Waals surface area contributed by atoms with Crippen LogP contribution in [-0.4, -0.2) is 87.5 Å². The second-order valence-corrected chi connectivity index (χ2v) is 13.0. The Labute approximate surface area is 281 Å². The Kier molecular flexibility index (Phi) is 18.5. The molecule has 9 nitrogen and oxygen atoms in total. The highest BCUT2D eigenvalue weighted by Gasteiger charge is 2.44. The van der Waals surface area contributed by atoms with Crippen molar-refractivity contribution in [2.24, 2.45) is 0 Å². The fourth-order valence-electron chi connectivity index (χ4n) is 6.28. The first-order valence-corrected chi connectivity index (χ1v) is 17.9. The fourth-order valence-corrected chi connectivity index (χ4v) is 6.28. The SMILES string of the molecule is CCCCCCCCCCCCCCC[C@@H](O)[C@H](COC1OC(CO)C(O)C(O)C1O)NC(=O)C(c1ccccc1)c1ccccc1. The van der Waals surface area contributed by atoms with Crippen LogP contribution in [-0.2, 0) is 14.3 Å². The quantitative estimate of drug-likeness (QED) is 0.0919. The fraction of sp³-hybridized carbons (Fsp3) is 0.658. The number of nitrogens with one attached hydrogen (secondary N) is 1. The zero-order valence-corrected chi connectivity index (χ0v) is 28.2. The topological polar surface area (TPSA) is 149 Å². The Morgan fingerprint density at radius 3 is 1.72 bits per heavy atom. The van der Waals surface area contributed by atoms with E-state index in [4.69, 9.17) is 9.47 Å². The van der Waals surface area contributed by atoms with Gasteiger partial charge in [-0.1, -0.05) is 151 Å². The molecule has 5 unspecified atom stereocenters. The normalized spacial score (nSPS) is 22.7. The smallest absolute Gasteiger partial charge is 0.232 e. The molecule has 0 radical (unpaired) electrons. The molecule has 2 aromatic rings. The number of carbonyl (C=O) groups is 1. The number of amides is 1. The molecule has 6 N–H and O–H groups in total. The number of ether oxygens (including phenoxy) is 2. The minimum atomic E-state index is -1.59. The van der Waals surface area contributed by atoms with Crippen molar-refractivity contribution < 1.29 is 39.8 Å². The molecule has 264 valence electrons. The molecule has 1 aliphatic rings. The number of unbranched alkanes of at least 4 members (excludes halogenated alkanes) is 12. The van der Waals surface area contributed by atoms with Crippen molar-refractivity contribution in [2.45, 2.75) is 146 Å². The molecule has 47 heavy (non-hydrogen) atoms. The first-order valence-electron chi connectivity index (χ1n) is 17.9. The Bertz CT molecular complexity index is 1050. The largest absolute Gasteiger partial charge is 0.394 e. The van der Waals surface area contributed by atoms with Crippen LogP contribution in [0.25, 0.3) is 0 Å². The summed E-state index contributed by atoms with van der Waals surface area (Å²) in [6, 6.07) is 18.0. The lowest BCUT2D eigenvalue weighted by molar-refractivity contribution is -0.302. The van der Waals surface area contributed by atoms with Gasteiger partial charge in [0.15, 0.2) is 6.29 Å². The van der Waals surface area contributed by atoms with E-state index in [1.807, 2.05) is 60.7 Å². The van der Waals surface area contributed by atoms with Crippen LogP contribution in [0, 0.1) is 0 Å². The van der Waals surface area contributed by atoms with Crippen LogP contribution >= 0.6 is 0 Å². The maximum atomic E-state index is 13.9. The summed E-state index contributed by atoms with van der Waals surface area (Å²) in [6.07, 6.45) is 8.14. The second-order valence-electron chi connectivity index (χ2n) is 13.0. The molecule has 1 aliphatic heterocycles. The van der Waals surface area contributed by atoms with Crippen LogP contribution in [0.4, 0.5) is 0 Å². The molecular weight excluding hydrogens is 598 g/mol. The molecule has 3 rings (SSSR count). The summed E-state index contributed by atoms with van der Waals surface area (Å²) in [5.74, 6) is -0.940. The summed E-state index contributed by atoms with van der Waals surface area (Å²) in [6.45, 7) is 1.44. The van der Waals surface area contributed by atoms with Crippen LogP contribution in [0.15, 0.2) is 60.7 Å². The molecule has 9 heteroatoms. The molecule has 1 fully saturated rings. The van der Waals surface area contributed by atoms with Crippen LogP contribution in [0.3, 0.4) is 0 Å². The van der Waals surface area contributed by atoms with Crippen molar-refractivity contribution in [2.75, 3.05) is 13.2 Å². The molecule has 1 heterocycles. The molecular formula is C38H59NO8. The summed E-state index contributed by atoms with van der Waals surface area (Å²) in [5, 5.41) is 54.7. The van der Waals surface area contributed by atoms with Crippen molar-refractivity contribution in [1.82, 2.24) is 5.32 Å². The molecule has 7 atom stereocenters. The van der Waals surface area contributed by atoms with E-state index in [1.54, 1.807) is 0 Å². The third-order valence-corrected chi connectivity index (χ3v) is 9.21. The molecule has 0 spiro atoms. The molecule has 0 aliphatic carbocycles. The molecule has 1 saturated heterocycles. The van der Waals surface area contributed by atoms with Gasteiger partial charge in [0.1, 0.15) is 24.4 Å². The second kappa shape index (κ2) is 22.3. The maximum absolute atomic E-state index is 13.9.